The number of nitrogens with zero attached hydrogens (tertiary/aromatic N) is 7. The van der Waals surface area contributed by atoms with Crippen LogP contribution < -0.4 is 4.90 Å². The number of rotatable bonds is 5. The van der Waals surface area contributed by atoms with Crippen molar-refractivity contribution in [2.75, 3.05) is 31.1 Å². The van der Waals surface area contributed by atoms with E-state index in [4.69, 9.17) is 4.42 Å². The third kappa shape index (κ3) is 4.39. The third-order valence-corrected chi connectivity index (χ3v) is 5.86. The maximum atomic E-state index is 13.7. The molecule has 0 atom stereocenters. The highest BCUT2D eigenvalue weighted by molar-refractivity contribution is 5.78. The second-order valence-electron chi connectivity index (χ2n) is 8.23. The van der Waals surface area contributed by atoms with Gasteiger partial charge in [-0.15, -0.1) is 5.10 Å². The van der Waals surface area contributed by atoms with Gasteiger partial charge in [0.15, 0.2) is 0 Å². The summed E-state index contributed by atoms with van der Waals surface area (Å²) in [4.78, 5) is 21.2. The smallest absolute Gasteiger partial charge is 0.318 e. The van der Waals surface area contributed by atoms with Gasteiger partial charge in [0.05, 0.1) is 17.6 Å². The highest BCUT2D eigenvalue weighted by atomic mass is 19.1. The Labute approximate surface area is 195 Å². The van der Waals surface area contributed by atoms with Gasteiger partial charge in [-0.2, -0.15) is 5.10 Å². The van der Waals surface area contributed by atoms with Crippen molar-refractivity contribution in [3.63, 3.8) is 0 Å². The zero-order valence-electron chi connectivity index (χ0n) is 19.0. The second-order valence-corrected chi connectivity index (χ2v) is 8.23. The molecule has 3 aromatic heterocycles. The van der Waals surface area contributed by atoms with Crippen LogP contribution in [0.4, 0.5) is 10.4 Å². The fourth-order valence-electron chi connectivity index (χ4n) is 3.97. The van der Waals surface area contributed by atoms with E-state index in [-0.39, 0.29) is 18.3 Å². The maximum Gasteiger partial charge on any atom is 0.318 e. The highest BCUT2D eigenvalue weighted by Gasteiger charge is 2.25. The molecule has 10 heteroatoms. The molecule has 0 bridgehead atoms. The Morgan fingerprint density at radius 3 is 2.47 bits per heavy atom. The largest absolute Gasteiger partial charge is 0.408 e. The van der Waals surface area contributed by atoms with E-state index in [1.54, 1.807) is 24.6 Å². The number of anilines is 1. The molecule has 0 spiro atoms. The lowest BCUT2D eigenvalue weighted by molar-refractivity contribution is -0.132. The van der Waals surface area contributed by atoms with Crippen molar-refractivity contribution in [1.29, 1.82) is 0 Å². The first kappa shape index (κ1) is 21.7. The van der Waals surface area contributed by atoms with Gasteiger partial charge in [-0.25, -0.2) is 4.39 Å². The van der Waals surface area contributed by atoms with Crippen molar-refractivity contribution in [2.24, 2.45) is 0 Å². The minimum atomic E-state index is -0.364. The van der Waals surface area contributed by atoms with Crippen LogP contribution in [0.15, 0.2) is 53.1 Å². The zero-order chi connectivity index (χ0) is 23.7. The van der Waals surface area contributed by atoms with Crippen molar-refractivity contribution in [1.82, 2.24) is 29.9 Å². The number of hydrogen-bond donors (Lipinski definition) is 0. The summed E-state index contributed by atoms with van der Waals surface area (Å²) in [7, 11) is 0. The van der Waals surface area contributed by atoms with Gasteiger partial charge in [-0.3, -0.25) is 14.5 Å². The molecule has 0 radical (unpaired) electrons. The van der Waals surface area contributed by atoms with E-state index in [0.717, 1.165) is 11.3 Å². The number of carbonyl (C=O) groups excluding carboxylic acids is 1. The molecule has 1 aliphatic heterocycles. The van der Waals surface area contributed by atoms with Crippen LogP contribution >= 0.6 is 0 Å². The van der Waals surface area contributed by atoms with Gasteiger partial charge in [0.1, 0.15) is 18.1 Å². The standard InChI is InChI=1S/C24H24FN7O2/c1-16-12-20(26-14-19(16)25)21-13-22(18-6-4-3-5-7-18)32(29-21)15-23(33)30-8-10-31(11-9-30)24-28-27-17(2)34-24/h3-7,12-14H,8-11,15H2,1-2H3. The first-order chi connectivity index (χ1) is 16.5. The molecule has 0 saturated carbocycles. The number of pyridine rings is 1. The van der Waals surface area contributed by atoms with E-state index < -0.39 is 0 Å². The Morgan fingerprint density at radius 2 is 1.79 bits per heavy atom. The summed E-state index contributed by atoms with van der Waals surface area (Å²) in [6, 6.07) is 13.8. The van der Waals surface area contributed by atoms with E-state index in [9.17, 15) is 9.18 Å². The van der Waals surface area contributed by atoms with Gasteiger partial charge in [-0.1, -0.05) is 35.4 Å². The molecule has 0 unspecified atom stereocenters. The molecule has 0 aliphatic carbocycles. The molecule has 1 aromatic carbocycles. The maximum absolute atomic E-state index is 13.7. The van der Waals surface area contributed by atoms with Crippen LogP contribution in [0.5, 0.6) is 0 Å². The van der Waals surface area contributed by atoms with Crippen LogP contribution in [0.2, 0.25) is 0 Å². The summed E-state index contributed by atoms with van der Waals surface area (Å²) >= 11 is 0. The average molecular weight is 462 g/mol. The van der Waals surface area contributed by atoms with Gasteiger partial charge < -0.3 is 14.2 Å². The number of aromatic nitrogens is 5. The summed E-state index contributed by atoms with van der Waals surface area (Å²) in [6.07, 6.45) is 1.20. The van der Waals surface area contributed by atoms with Gasteiger partial charge >= 0.3 is 6.01 Å². The normalized spacial score (nSPS) is 14.0. The fourth-order valence-corrected chi connectivity index (χ4v) is 3.97. The van der Waals surface area contributed by atoms with Gasteiger partial charge in [-0.05, 0) is 30.2 Å². The summed E-state index contributed by atoms with van der Waals surface area (Å²) < 4.78 is 20.9. The number of hydrogen-bond acceptors (Lipinski definition) is 7. The predicted molar refractivity (Wildman–Crippen MR) is 123 cm³/mol. The van der Waals surface area contributed by atoms with Crippen LogP contribution in [0.25, 0.3) is 22.6 Å². The Morgan fingerprint density at radius 1 is 1.03 bits per heavy atom. The van der Waals surface area contributed by atoms with E-state index in [1.165, 1.54) is 6.20 Å². The number of aryl methyl sites for hydroxylation is 2. The predicted octanol–water partition coefficient (Wildman–Crippen LogP) is 3.10. The fraction of sp³-hybridized carbons (Fsp3) is 0.292. The van der Waals surface area contributed by atoms with Gasteiger partial charge in [0.2, 0.25) is 11.8 Å². The molecular weight excluding hydrogens is 437 g/mol. The third-order valence-electron chi connectivity index (χ3n) is 5.86. The first-order valence-electron chi connectivity index (χ1n) is 11.1. The number of benzene rings is 1. The van der Waals surface area contributed by atoms with E-state index in [1.807, 2.05) is 46.2 Å². The monoisotopic (exact) mass is 461 g/mol. The lowest BCUT2D eigenvalue weighted by Gasteiger charge is -2.33. The minimum Gasteiger partial charge on any atom is -0.408 e. The molecule has 1 aliphatic rings. The van der Waals surface area contributed by atoms with E-state index in [2.05, 4.69) is 20.3 Å². The summed E-state index contributed by atoms with van der Waals surface area (Å²) in [5.41, 5.74) is 3.38. The molecule has 174 valence electrons. The van der Waals surface area contributed by atoms with Crippen LogP contribution in [-0.4, -0.2) is 61.9 Å². The van der Waals surface area contributed by atoms with Gasteiger partial charge in [0.25, 0.3) is 0 Å². The number of amides is 1. The Bertz CT molecular complexity index is 1310. The van der Waals surface area contributed by atoms with E-state index in [0.29, 0.717) is 55.0 Å². The molecule has 4 heterocycles. The van der Waals surface area contributed by atoms with Crippen LogP contribution in [-0.2, 0) is 11.3 Å². The van der Waals surface area contributed by atoms with Crippen molar-refractivity contribution >= 4 is 11.9 Å². The molecule has 1 saturated heterocycles. The summed E-state index contributed by atoms with van der Waals surface area (Å²) in [5.74, 6) is 0.121. The van der Waals surface area contributed by atoms with Gasteiger partial charge in [0, 0.05) is 33.1 Å². The zero-order valence-corrected chi connectivity index (χ0v) is 19.0. The molecule has 9 nitrogen and oxygen atoms in total. The molecule has 34 heavy (non-hydrogen) atoms. The van der Waals surface area contributed by atoms with Crippen LogP contribution in [0, 0.1) is 19.7 Å². The number of piperazine rings is 1. The molecule has 4 aromatic rings. The highest BCUT2D eigenvalue weighted by Crippen LogP contribution is 2.26. The number of carbonyl (C=O) groups is 1. The average Bonchev–Trinajstić information content (AvgIpc) is 3.48. The molecule has 1 fully saturated rings. The lowest BCUT2D eigenvalue weighted by Crippen LogP contribution is -2.49. The quantitative estimate of drug-likeness (QED) is 0.451. The topological polar surface area (TPSA) is 93.2 Å². The molecule has 1 amide bonds. The summed E-state index contributed by atoms with van der Waals surface area (Å²) in [5, 5.41) is 12.6. The SMILES string of the molecule is Cc1nnc(N2CCN(C(=O)Cn3nc(-c4cc(C)c(F)cn4)cc3-c3ccccc3)CC2)o1. The molecular formula is C24H24FN7O2. The number of halogens is 1. The first-order valence-corrected chi connectivity index (χ1v) is 11.1. The second kappa shape index (κ2) is 9.05. The minimum absolute atomic E-state index is 0.0311. The van der Waals surface area contributed by atoms with Crippen molar-refractivity contribution in [3.8, 4) is 22.6 Å². The molecule has 5 rings (SSSR count). The van der Waals surface area contributed by atoms with Crippen molar-refractivity contribution in [3.05, 3.63) is 65.9 Å². The Hall–Kier alpha value is -4.08. The summed E-state index contributed by atoms with van der Waals surface area (Å²) in [6.45, 7) is 5.85. The lowest BCUT2D eigenvalue weighted by atomic mass is 10.1. The Kier molecular flexibility index (Phi) is 5.79. The van der Waals surface area contributed by atoms with E-state index >= 15 is 0 Å². The van der Waals surface area contributed by atoms with Crippen molar-refractivity contribution < 1.29 is 13.6 Å². The van der Waals surface area contributed by atoms with Crippen LogP contribution in [0.1, 0.15) is 11.5 Å². The molecule has 0 N–H and O–H groups in total. The Balaban J connectivity index is 1.36. The van der Waals surface area contributed by atoms with Crippen molar-refractivity contribution in [2.45, 2.75) is 20.4 Å². The van der Waals surface area contributed by atoms with Crippen LogP contribution in [0.3, 0.4) is 0 Å².